The summed E-state index contributed by atoms with van der Waals surface area (Å²) in [5.74, 6) is -0.441. The molecule has 1 nitrogen and oxygen atoms in total. The maximum Gasteiger partial charge on any atom is 0.147 e. The van der Waals surface area contributed by atoms with Gasteiger partial charge >= 0.3 is 0 Å². The van der Waals surface area contributed by atoms with Gasteiger partial charge in [0.15, 0.2) is 0 Å². The van der Waals surface area contributed by atoms with E-state index >= 15 is 0 Å². The predicted molar refractivity (Wildman–Crippen MR) is 54.2 cm³/mol. The molecule has 5 heteroatoms. The van der Waals surface area contributed by atoms with Crippen LogP contribution in [0.3, 0.4) is 0 Å². The zero-order chi connectivity index (χ0) is 8.43. The van der Waals surface area contributed by atoms with Gasteiger partial charge in [-0.2, -0.15) is 0 Å². The number of nitrogens with two attached hydrogens (primary N) is 1. The second-order valence-corrected chi connectivity index (χ2v) is 3.29. The molecule has 0 aliphatic carbocycles. The molecule has 0 saturated carbocycles. The van der Waals surface area contributed by atoms with E-state index in [-0.39, 0.29) is 24.0 Å². The van der Waals surface area contributed by atoms with Crippen molar-refractivity contribution in [2.75, 3.05) is 0 Å². The lowest BCUT2D eigenvalue weighted by atomic mass is 10.2. The lowest BCUT2D eigenvalue weighted by Gasteiger charge is -2.03. The van der Waals surface area contributed by atoms with Gasteiger partial charge in [0.1, 0.15) is 5.82 Å². The molecule has 0 heterocycles. The molecule has 0 bridgehead atoms. The van der Waals surface area contributed by atoms with E-state index in [4.69, 9.17) is 17.3 Å². The van der Waals surface area contributed by atoms with Crippen LogP contribution in [-0.2, 0) is 6.54 Å². The van der Waals surface area contributed by atoms with Crippen LogP contribution >= 0.6 is 39.9 Å². The smallest absolute Gasteiger partial charge is 0.147 e. The third kappa shape index (κ3) is 2.33. The highest BCUT2D eigenvalue weighted by molar-refractivity contribution is 9.10. The number of halogens is 4. The number of hydrogen-bond donors (Lipinski definition) is 1. The fourth-order valence-electron chi connectivity index (χ4n) is 0.756. The summed E-state index contributed by atoms with van der Waals surface area (Å²) < 4.78 is 13.7. The van der Waals surface area contributed by atoms with E-state index in [0.29, 0.717) is 10.0 Å². The SMILES string of the molecule is Cl.NCc1c(Br)ccc(Cl)c1F. The quantitative estimate of drug-likeness (QED) is 0.783. The predicted octanol–water partition coefficient (Wildman–Crippen LogP) is 3.12. The molecule has 0 saturated heterocycles. The molecule has 0 spiro atoms. The van der Waals surface area contributed by atoms with Gasteiger partial charge < -0.3 is 5.73 Å². The normalized spacial score (nSPS) is 9.33. The van der Waals surface area contributed by atoms with Crippen LogP contribution in [0.1, 0.15) is 5.56 Å². The zero-order valence-corrected chi connectivity index (χ0v) is 9.14. The second-order valence-electron chi connectivity index (χ2n) is 2.03. The van der Waals surface area contributed by atoms with Crippen LogP contribution in [0.15, 0.2) is 16.6 Å². The molecule has 1 rings (SSSR count). The van der Waals surface area contributed by atoms with Crippen molar-refractivity contribution in [2.24, 2.45) is 5.73 Å². The largest absolute Gasteiger partial charge is 0.326 e. The molecule has 0 unspecified atom stereocenters. The summed E-state index contributed by atoms with van der Waals surface area (Å²) in [6.07, 6.45) is 0. The summed E-state index contributed by atoms with van der Waals surface area (Å²) >= 11 is 8.68. The zero-order valence-electron chi connectivity index (χ0n) is 5.98. The van der Waals surface area contributed by atoms with E-state index in [2.05, 4.69) is 15.9 Å². The summed E-state index contributed by atoms with van der Waals surface area (Å²) in [6.45, 7) is 0.146. The Hall–Kier alpha value is 0.170. The Morgan fingerprint density at radius 3 is 2.50 bits per heavy atom. The van der Waals surface area contributed by atoms with Crippen molar-refractivity contribution in [1.82, 2.24) is 0 Å². The average molecular weight is 275 g/mol. The first-order valence-electron chi connectivity index (χ1n) is 2.99. The monoisotopic (exact) mass is 273 g/mol. The molecule has 0 aliphatic rings. The lowest BCUT2D eigenvalue weighted by Crippen LogP contribution is -2.01. The lowest BCUT2D eigenvalue weighted by molar-refractivity contribution is 0.609. The van der Waals surface area contributed by atoms with Gasteiger partial charge in [-0.05, 0) is 12.1 Å². The van der Waals surface area contributed by atoms with Crippen molar-refractivity contribution >= 4 is 39.9 Å². The Morgan fingerprint density at radius 1 is 1.50 bits per heavy atom. The molecule has 0 atom stereocenters. The highest BCUT2D eigenvalue weighted by Crippen LogP contribution is 2.25. The minimum Gasteiger partial charge on any atom is -0.326 e. The van der Waals surface area contributed by atoms with Gasteiger partial charge in [0.2, 0.25) is 0 Å². The first-order valence-corrected chi connectivity index (χ1v) is 4.16. The molecule has 1 aromatic carbocycles. The van der Waals surface area contributed by atoms with Gasteiger partial charge in [-0.3, -0.25) is 0 Å². The highest BCUT2D eigenvalue weighted by atomic mass is 79.9. The molecule has 0 radical (unpaired) electrons. The minimum absolute atomic E-state index is 0. The Bertz CT molecular complexity index is 280. The summed E-state index contributed by atoms with van der Waals surface area (Å²) in [5, 5.41) is 0.105. The fourth-order valence-corrected chi connectivity index (χ4v) is 1.40. The Kier molecular flexibility index (Phi) is 5.09. The van der Waals surface area contributed by atoms with Gasteiger partial charge in [0.05, 0.1) is 5.02 Å². The molecule has 12 heavy (non-hydrogen) atoms. The highest BCUT2D eigenvalue weighted by Gasteiger charge is 2.08. The molecule has 0 fully saturated rings. The standard InChI is InChI=1S/C7H6BrClFN.ClH/c8-5-1-2-6(9)7(10)4(5)3-11;/h1-2H,3,11H2;1H. The summed E-state index contributed by atoms with van der Waals surface area (Å²) in [5.41, 5.74) is 5.71. The van der Waals surface area contributed by atoms with Crippen molar-refractivity contribution in [3.8, 4) is 0 Å². The summed E-state index contributed by atoms with van der Waals surface area (Å²) in [7, 11) is 0. The van der Waals surface area contributed by atoms with Gasteiger partial charge in [0.25, 0.3) is 0 Å². The maximum atomic E-state index is 13.0. The van der Waals surface area contributed by atoms with Crippen LogP contribution in [0.25, 0.3) is 0 Å². The number of rotatable bonds is 1. The average Bonchev–Trinajstić information content (AvgIpc) is 1.99. The van der Waals surface area contributed by atoms with Crippen molar-refractivity contribution < 1.29 is 4.39 Å². The number of benzene rings is 1. The molecule has 2 N–H and O–H groups in total. The van der Waals surface area contributed by atoms with E-state index < -0.39 is 5.82 Å². The van der Waals surface area contributed by atoms with Crippen molar-refractivity contribution in [3.05, 3.63) is 33.0 Å². The van der Waals surface area contributed by atoms with Gasteiger partial charge in [-0.15, -0.1) is 12.4 Å². The van der Waals surface area contributed by atoms with Crippen molar-refractivity contribution in [2.45, 2.75) is 6.54 Å². The molecular formula is C7H7BrCl2FN. The van der Waals surface area contributed by atoms with Crippen LogP contribution in [0, 0.1) is 5.82 Å². The van der Waals surface area contributed by atoms with E-state index in [9.17, 15) is 4.39 Å². The van der Waals surface area contributed by atoms with Crippen LogP contribution in [-0.4, -0.2) is 0 Å². The van der Waals surface area contributed by atoms with Crippen LogP contribution in [0.2, 0.25) is 5.02 Å². The van der Waals surface area contributed by atoms with E-state index in [1.165, 1.54) is 6.07 Å². The van der Waals surface area contributed by atoms with Crippen molar-refractivity contribution in [3.63, 3.8) is 0 Å². The first kappa shape index (κ1) is 12.2. The minimum atomic E-state index is -0.441. The maximum absolute atomic E-state index is 13.0. The van der Waals surface area contributed by atoms with E-state index in [1.807, 2.05) is 0 Å². The first-order chi connectivity index (χ1) is 5.16. The molecule has 0 amide bonds. The molecule has 0 aliphatic heterocycles. The fraction of sp³-hybridized carbons (Fsp3) is 0.143. The second kappa shape index (κ2) is 5.02. The Balaban J connectivity index is 0.00000121. The van der Waals surface area contributed by atoms with Crippen molar-refractivity contribution in [1.29, 1.82) is 0 Å². The van der Waals surface area contributed by atoms with Gasteiger partial charge in [-0.1, -0.05) is 27.5 Å². The van der Waals surface area contributed by atoms with Gasteiger partial charge in [-0.25, -0.2) is 4.39 Å². The van der Waals surface area contributed by atoms with Crippen LogP contribution in [0.5, 0.6) is 0 Å². The Labute approximate surface area is 89.6 Å². The third-order valence-corrected chi connectivity index (χ3v) is 2.38. The van der Waals surface area contributed by atoms with Crippen LogP contribution in [0.4, 0.5) is 4.39 Å². The van der Waals surface area contributed by atoms with Gasteiger partial charge in [0, 0.05) is 16.6 Å². The third-order valence-electron chi connectivity index (χ3n) is 1.34. The van der Waals surface area contributed by atoms with Crippen LogP contribution < -0.4 is 5.73 Å². The molecule has 1 aromatic rings. The molecule has 68 valence electrons. The number of hydrogen-bond acceptors (Lipinski definition) is 1. The molecule has 0 aromatic heterocycles. The summed E-state index contributed by atoms with van der Waals surface area (Å²) in [4.78, 5) is 0. The van der Waals surface area contributed by atoms with E-state index in [0.717, 1.165) is 0 Å². The topological polar surface area (TPSA) is 26.0 Å². The Morgan fingerprint density at radius 2 is 2.08 bits per heavy atom. The molecular weight excluding hydrogens is 268 g/mol. The summed E-state index contributed by atoms with van der Waals surface area (Å²) in [6, 6.07) is 3.16. The van der Waals surface area contributed by atoms with E-state index in [1.54, 1.807) is 6.07 Å².